The number of hydrogen-bond donors (Lipinski definition) is 4. The largest absolute Gasteiger partial charge is 0.494 e. The van der Waals surface area contributed by atoms with Gasteiger partial charge in [-0.2, -0.15) is 0 Å². The molecule has 0 spiro atoms. The van der Waals surface area contributed by atoms with Crippen LogP contribution in [0.5, 0.6) is 5.88 Å². The van der Waals surface area contributed by atoms with E-state index in [1.165, 1.54) is 10.1 Å². The Balaban J connectivity index is 1.41. The molecule has 1 aromatic heterocycles. The predicted molar refractivity (Wildman–Crippen MR) is 126 cm³/mol. The maximum Gasteiger partial charge on any atom is 0.319 e. The first-order valence-corrected chi connectivity index (χ1v) is 10.9. The summed E-state index contributed by atoms with van der Waals surface area (Å²) in [6.45, 7) is 6.71. The van der Waals surface area contributed by atoms with Gasteiger partial charge in [0.05, 0.1) is 0 Å². The van der Waals surface area contributed by atoms with E-state index in [4.69, 9.17) is 0 Å². The fourth-order valence-corrected chi connectivity index (χ4v) is 3.98. The van der Waals surface area contributed by atoms with Crippen molar-refractivity contribution >= 4 is 34.3 Å². The highest BCUT2D eigenvalue weighted by atomic mass is 16.3. The van der Waals surface area contributed by atoms with Gasteiger partial charge in [-0.15, -0.1) is 0 Å². The van der Waals surface area contributed by atoms with Crippen LogP contribution in [0.2, 0.25) is 0 Å². The molecule has 2 aromatic carbocycles. The lowest BCUT2D eigenvalue weighted by molar-refractivity contribution is -0.135. The molecule has 172 valence electrons. The second kappa shape index (κ2) is 8.61. The van der Waals surface area contributed by atoms with Crippen LogP contribution in [0.3, 0.4) is 0 Å². The number of nitrogens with zero attached hydrogens (tertiary/aromatic N) is 1. The Kier molecular flexibility index (Phi) is 5.84. The Morgan fingerprint density at radius 2 is 1.88 bits per heavy atom. The number of urea groups is 1. The smallest absolute Gasteiger partial charge is 0.319 e. The number of nitrogens with one attached hydrogen (secondary N) is 3. The first-order chi connectivity index (χ1) is 15.6. The standard InChI is InChI=1S/C25H28N4O4/c1-25(2,3)17-5-7-18(8-6-17)27-24(33)26-13-15-4-9-19-16(12-15)14-29(23(19)32)20-10-11-21(30)28-22(20)31/h4-9,12,14,20,32H,10-11,13H2,1-3H3,(H2,26,27,33)(H,28,30,31). The summed E-state index contributed by atoms with van der Waals surface area (Å²) < 4.78 is 1.50. The molecule has 1 aliphatic rings. The number of carbonyl (C=O) groups excluding carboxylic acids is 3. The Bertz CT molecular complexity index is 1220. The molecule has 0 aliphatic carbocycles. The number of imide groups is 1. The molecule has 4 N–H and O–H groups in total. The molecule has 2 heterocycles. The second-order valence-corrected chi connectivity index (χ2v) is 9.38. The van der Waals surface area contributed by atoms with E-state index < -0.39 is 11.9 Å². The third-order valence-corrected chi connectivity index (χ3v) is 5.89. The van der Waals surface area contributed by atoms with Crippen LogP contribution in [0.15, 0.2) is 48.7 Å². The van der Waals surface area contributed by atoms with Gasteiger partial charge in [-0.05, 0) is 47.2 Å². The van der Waals surface area contributed by atoms with Crippen molar-refractivity contribution in [2.75, 3.05) is 5.32 Å². The molecule has 1 atom stereocenters. The molecule has 1 unspecified atom stereocenters. The zero-order valence-electron chi connectivity index (χ0n) is 18.9. The van der Waals surface area contributed by atoms with Crippen molar-refractivity contribution in [2.45, 2.75) is 51.6 Å². The highest BCUT2D eigenvalue weighted by Gasteiger charge is 2.30. The predicted octanol–water partition coefficient (Wildman–Crippen LogP) is 3.94. The molecule has 0 bridgehead atoms. The van der Waals surface area contributed by atoms with Gasteiger partial charge >= 0.3 is 6.03 Å². The minimum absolute atomic E-state index is 0.0181. The summed E-state index contributed by atoms with van der Waals surface area (Å²) in [5.41, 5.74) is 2.79. The first kappa shape index (κ1) is 22.4. The Hall–Kier alpha value is -3.81. The maximum absolute atomic E-state index is 12.3. The van der Waals surface area contributed by atoms with Crippen LogP contribution >= 0.6 is 0 Å². The van der Waals surface area contributed by atoms with Gasteiger partial charge in [-0.3, -0.25) is 14.9 Å². The van der Waals surface area contributed by atoms with Crippen molar-refractivity contribution in [1.29, 1.82) is 0 Å². The van der Waals surface area contributed by atoms with E-state index >= 15 is 0 Å². The van der Waals surface area contributed by atoms with Crippen molar-refractivity contribution in [1.82, 2.24) is 15.2 Å². The van der Waals surface area contributed by atoms with Crippen LogP contribution < -0.4 is 16.0 Å². The van der Waals surface area contributed by atoms with Crippen molar-refractivity contribution in [3.8, 4) is 5.88 Å². The molecule has 3 aromatic rings. The molecule has 1 fully saturated rings. The zero-order chi connectivity index (χ0) is 23.8. The quantitative estimate of drug-likeness (QED) is 0.453. The van der Waals surface area contributed by atoms with Gasteiger partial charge < -0.3 is 20.3 Å². The summed E-state index contributed by atoms with van der Waals surface area (Å²) in [5, 5.41) is 19.9. The van der Waals surface area contributed by atoms with Crippen molar-refractivity contribution in [3.63, 3.8) is 0 Å². The molecule has 8 heteroatoms. The number of rotatable bonds is 4. The van der Waals surface area contributed by atoms with Crippen LogP contribution in [0, 0.1) is 0 Å². The fourth-order valence-electron chi connectivity index (χ4n) is 3.98. The third-order valence-electron chi connectivity index (χ3n) is 5.89. The SMILES string of the molecule is CC(C)(C)c1ccc(NC(=O)NCc2ccc3c(O)n(C4CCC(=O)NC4=O)cc3c2)cc1. The van der Waals surface area contributed by atoms with Crippen molar-refractivity contribution in [3.05, 3.63) is 59.8 Å². The van der Waals surface area contributed by atoms with Crippen LogP contribution in [-0.4, -0.2) is 27.5 Å². The molecule has 0 radical (unpaired) electrons. The number of fused-ring (bicyclic) bond motifs is 1. The number of aromatic nitrogens is 1. The number of benzene rings is 2. The van der Waals surface area contributed by atoms with E-state index in [2.05, 4.69) is 36.7 Å². The fraction of sp³-hybridized carbons (Fsp3) is 0.320. The molecule has 8 nitrogen and oxygen atoms in total. The Morgan fingerprint density at radius 1 is 1.15 bits per heavy atom. The van der Waals surface area contributed by atoms with E-state index in [1.54, 1.807) is 12.3 Å². The van der Waals surface area contributed by atoms with E-state index in [9.17, 15) is 19.5 Å². The number of anilines is 1. The van der Waals surface area contributed by atoms with Gasteiger partial charge in [0.2, 0.25) is 11.8 Å². The van der Waals surface area contributed by atoms with Gasteiger partial charge in [0.1, 0.15) is 6.04 Å². The minimum atomic E-state index is -0.632. The number of hydrogen-bond acceptors (Lipinski definition) is 4. The summed E-state index contributed by atoms with van der Waals surface area (Å²) in [6, 6.07) is 12.2. The van der Waals surface area contributed by atoms with Crippen molar-refractivity contribution < 1.29 is 19.5 Å². The number of piperidine rings is 1. The maximum atomic E-state index is 12.3. The Morgan fingerprint density at radius 3 is 2.55 bits per heavy atom. The van der Waals surface area contributed by atoms with E-state index in [0.717, 1.165) is 10.9 Å². The first-order valence-electron chi connectivity index (χ1n) is 10.9. The lowest BCUT2D eigenvalue weighted by atomic mass is 9.87. The lowest BCUT2D eigenvalue weighted by Gasteiger charge is -2.22. The highest BCUT2D eigenvalue weighted by molar-refractivity contribution is 6.00. The third kappa shape index (κ3) is 4.84. The van der Waals surface area contributed by atoms with Gasteiger partial charge in [0.15, 0.2) is 5.88 Å². The van der Waals surface area contributed by atoms with Gasteiger partial charge in [0.25, 0.3) is 0 Å². The molecule has 0 saturated carbocycles. The molecular weight excluding hydrogens is 420 g/mol. The molecule has 1 saturated heterocycles. The topological polar surface area (TPSA) is 112 Å². The number of amides is 4. The van der Waals surface area contributed by atoms with Crippen molar-refractivity contribution in [2.24, 2.45) is 0 Å². The summed E-state index contributed by atoms with van der Waals surface area (Å²) in [4.78, 5) is 35.9. The van der Waals surface area contributed by atoms with Gasteiger partial charge in [0, 0.05) is 35.6 Å². The summed E-state index contributed by atoms with van der Waals surface area (Å²) in [7, 11) is 0. The van der Waals surface area contributed by atoms with Gasteiger partial charge in [-0.1, -0.05) is 39.0 Å². The second-order valence-electron chi connectivity index (χ2n) is 9.38. The summed E-state index contributed by atoms with van der Waals surface area (Å²) in [5.74, 6) is -0.740. The lowest BCUT2D eigenvalue weighted by Crippen LogP contribution is -2.41. The minimum Gasteiger partial charge on any atom is -0.494 e. The van der Waals surface area contributed by atoms with Crippen LogP contribution in [0.25, 0.3) is 10.8 Å². The van der Waals surface area contributed by atoms with Crippen LogP contribution in [0.4, 0.5) is 10.5 Å². The molecule has 4 amide bonds. The van der Waals surface area contributed by atoms with E-state index in [0.29, 0.717) is 24.0 Å². The number of carbonyl (C=O) groups is 3. The normalized spacial score (nSPS) is 16.5. The van der Waals surface area contributed by atoms with E-state index in [-0.39, 0.29) is 29.7 Å². The van der Waals surface area contributed by atoms with E-state index in [1.807, 2.05) is 36.4 Å². The van der Waals surface area contributed by atoms with Gasteiger partial charge in [-0.25, -0.2) is 4.79 Å². The average Bonchev–Trinajstić information content (AvgIpc) is 3.07. The zero-order valence-corrected chi connectivity index (χ0v) is 18.9. The summed E-state index contributed by atoms with van der Waals surface area (Å²) >= 11 is 0. The average molecular weight is 449 g/mol. The molecule has 33 heavy (non-hydrogen) atoms. The van der Waals surface area contributed by atoms with Crippen LogP contribution in [0.1, 0.15) is 50.8 Å². The summed E-state index contributed by atoms with van der Waals surface area (Å²) in [6.07, 6.45) is 2.27. The van der Waals surface area contributed by atoms with Crippen LogP contribution in [-0.2, 0) is 21.5 Å². The highest BCUT2D eigenvalue weighted by Crippen LogP contribution is 2.33. The Labute approximate surface area is 192 Å². The molecular formula is C25H28N4O4. The molecule has 1 aliphatic heterocycles. The molecule has 4 rings (SSSR count). The number of aromatic hydroxyl groups is 1. The monoisotopic (exact) mass is 448 g/mol.